The van der Waals surface area contributed by atoms with E-state index >= 15 is 0 Å². The Labute approximate surface area is 109 Å². The maximum atomic E-state index is 4.45. The number of aromatic nitrogens is 2. The first-order valence-corrected chi connectivity index (χ1v) is 6.68. The molecule has 1 unspecified atom stereocenters. The molecule has 0 aliphatic rings. The summed E-state index contributed by atoms with van der Waals surface area (Å²) < 4.78 is 1.94. The van der Waals surface area contributed by atoms with E-state index < -0.39 is 0 Å². The molecule has 3 nitrogen and oxygen atoms in total. The number of hydrogen-bond acceptors (Lipinski definition) is 2. The Morgan fingerprint density at radius 1 is 1.22 bits per heavy atom. The molecule has 0 fully saturated rings. The average molecular weight is 243 g/mol. The molecule has 18 heavy (non-hydrogen) atoms. The quantitative estimate of drug-likeness (QED) is 0.843. The van der Waals surface area contributed by atoms with Gasteiger partial charge in [-0.1, -0.05) is 38.5 Å². The lowest BCUT2D eigenvalue weighted by molar-refractivity contribution is 0.509. The van der Waals surface area contributed by atoms with Gasteiger partial charge in [0.05, 0.1) is 11.9 Å². The molecule has 0 spiro atoms. The average Bonchev–Trinajstić information content (AvgIpc) is 2.89. The lowest BCUT2D eigenvalue weighted by atomic mass is 10.1. The van der Waals surface area contributed by atoms with Crippen molar-refractivity contribution in [2.24, 2.45) is 0 Å². The van der Waals surface area contributed by atoms with Crippen LogP contribution in [0.1, 0.15) is 38.3 Å². The highest BCUT2D eigenvalue weighted by atomic mass is 15.3. The summed E-state index contributed by atoms with van der Waals surface area (Å²) in [5.74, 6) is 0. The fourth-order valence-corrected chi connectivity index (χ4v) is 2.16. The fourth-order valence-electron chi connectivity index (χ4n) is 2.16. The molecule has 0 amide bonds. The van der Waals surface area contributed by atoms with Crippen LogP contribution in [0.2, 0.25) is 0 Å². The first kappa shape index (κ1) is 12.8. The number of nitrogens with zero attached hydrogens (tertiary/aromatic N) is 2. The topological polar surface area (TPSA) is 29.9 Å². The van der Waals surface area contributed by atoms with Gasteiger partial charge in [-0.3, -0.25) is 0 Å². The van der Waals surface area contributed by atoms with Crippen molar-refractivity contribution in [2.75, 3.05) is 6.54 Å². The minimum absolute atomic E-state index is 0.414. The molecule has 0 bridgehead atoms. The molecule has 1 aromatic carbocycles. The van der Waals surface area contributed by atoms with Crippen LogP contribution in [0.15, 0.2) is 42.7 Å². The monoisotopic (exact) mass is 243 g/mol. The van der Waals surface area contributed by atoms with E-state index in [-0.39, 0.29) is 0 Å². The highest BCUT2D eigenvalue weighted by Crippen LogP contribution is 2.19. The maximum Gasteiger partial charge on any atom is 0.0645 e. The molecular formula is C15H21N3. The van der Waals surface area contributed by atoms with Crippen LogP contribution in [0.25, 0.3) is 5.69 Å². The fraction of sp³-hybridized carbons (Fsp3) is 0.400. The second-order valence-corrected chi connectivity index (χ2v) is 4.45. The molecule has 1 heterocycles. The molecular weight excluding hydrogens is 222 g/mol. The van der Waals surface area contributed by atoms with Gasteiger partial charge in [-0.25, -0.2) is 4.68 Å². The third-order valence-electron chi connectivity index (χ3n) is 3.05. The van der Waals surface area contributed by atoms with Crippen molar-refractivity contribution in [2.45, 2.75) is 32.7 Å². The number of hydrogen-bond donors (Lipinski definition) is 1. The molecule has 96 valence electrons. The van der Waals surface area contributed by atoms with Gasteiger partial charge in [0.25, 0.3) is 0 Å². The predicted octanol–water partition coefficient (Wildman–Crippen LogP) is 3.32. The maximum absolute atomic E-state index is 4.45. The van der Waals surface area contributed by atoms with Gasteiger partial charge in [0, 0.05) is 17.8 Å². The van der Waals surface area contributed by atoms with E-state index in [1.54, 1.807) is 0 Å². The number of rotatable bonds is 6. The molecule has 1 atom stereocenters. The van der Waals surface area contributed by atoms with Gasteiger partial charge in [0.1, 0.15) is 0 Å². The highest BCUT2D eigenvalue weighted by molar-refractivity contribution is 5.31. The van der Waals surface area contributed by atoms with E-state index in [9.17, 15) is 0 Å². The number of nitrogens with one attached hydrogen (secondary N) is 1. The lowest BCUT2D eigenvalue weighted by Crippen LogP contribution is -2.20. The van der Waals surface area contributed by atoms with Gasteiger partial charge < -0.3 is 5.32 Å². The Hall–Kier alpha value is -1.61. The lowest BCUT2D eigenvalue weighted by Gasteiger charge is -2.14. The van der Waals surface area contributed by atoms with Crippen molar-refractivity contribution < 1.29 is 0 Å². The zero-order valence-electron chi connectivity index (χ0n) is 11.1. The van der Waals surface area contributed by atoms with E-state index in [4.69, 9.17) is 0 Å². The summed E-state index contributed by atoms with van der Waals surface area (Å²) in [5, 5.41) is 7.96. The summed E-state index contributed by atoms with van der Waals surface area (Å²) in [6, 6.07) is 10.6. The van der Waals surface area contributed by atoms with E-state index in [1.165, 1.54) is 12.0 Å². The Morgan fingerprint density at radius 2 is 2.00 bits per heavy atom. The van der Waals surface area contributed by atoms with Crippen LogP contribution in [0.5, 0.6) is 0 Å². The number of para-hydroxylation sites is 1. The van der Waals surface area contributed by atoms with Crippen molar-refractivity contribution in [3.63, 3.8) is 0 Å². The van der Waals surface area contributed by atoms with Gasteiger partial charge in [-0.15, -0.1) is 0 Å². The Balaban J connectivity index is 2.18. The summed E-state index contributed by atoms with van der Waals surface area (Å²) in [5.41, 5.74) is 2.37. The van der Waals surface area contributed by atoms with Crippen molar-refractivity contribution in [3.05, 3.63) is 48.3 Å². The van der Waals surface area contributed by atoms with Crippen LogP contribution in [-0.4, -0.2) is 16.3 Å². The molecule has 1 N–H and O–H groups in total. The van der Waals surface area contributed by atoms with Crippen LogP contribution < -0.4 is 5.32 Å². The molecule has 0 radical (unpaired) electrons. The van der Waals surface area contributed by atoms with Crippen molar-refractivity contribution >= 4 is 0 Å². The molecule has 0 saturated carbocycles. The Kier molecular flexibility index (Phi) is 4.53. The summed E-state index contributed by atoms with van der Waals surface area (Å²) in [6.45, 7) is 5.34. The van der Waals surface area contributed by atoms with E-state index in [0.29, 0.717) is 6.04 Å². The largest absolute Gasteiger partial charge is 0.310 e. The Bertz CT molecular complexity index is 456. The first-order chi connectivity index (χ1) is 8.85. The SMILES string of the molecule is CCCC(NCC)c1cnn(-c2ccccc2)c1. The number of benzene rings is 1. The van der Waals surface area contributed by atoms with Crippen molar-refractivity contribution in [1.29, 1.82) is 0 Å². The van der Waals surface area contributed by atoms with E-state index in [2.05, 4.69) is 42.6 Å². The van der Waals surface area contributed by atoms with Crippen LogP contribution in [0.3, 0.4) is 0 Å². The zero-order valence-corrected chi connectivity index (χ0v) is 11.1. The summed E-state index contributed by atoms with van der Waals surface area (Å²) in [6.07, 6.45) is 6.41. The normalized spacial score (nSPS) is 12.6. The molecule has 1 aromatic heterocycles. The molecule has 2 rings (SSSR count). The third-order valence-corrected chi connectivity index (χ3v) is 3.05. The van der Waals surface area contributed by atoms with E-state index in [1.807, 2.05) is 29.1 Å². The van der Waals surface area contributed by atoms with E-state index in [0.717, 1.165) is 18.7 Å². The highest BCUT2D eigenvalue weighted by Gasteiger charge is 2.11. The molecule has 2 aromatic rings. The molecule has 0 aliphatic heterocycles. The minimum atomic E-state index is 0.414. The second-order valence-electron chi connectivity index (χ2n) is 4.45. The van der Waals surface area contributed by atoms with Crippen molar-refractivity contribution in [3.8, 4) is 5.69 Å². The molecule has 0 saturated heterocycles. The zero-order chi connectivity index (χ0) is 12.8. The van der Waals surface area contributed by atoms with Crippen LogP contribution in [0.4, 0.5) is 0 Å². The first-order valence-electron chi connectivity index (χ1n) is 6.68. The van der Waals surface area contributed by atoms with Gasteiger partial charge in [-0.2, -0.15) is 5.10 Å². The minimum Gasteiger partial charge on any atom is -0.310 e. The van der Waals surface area contributed by atoms with Crippen molar-refractivity contribution in [1.82, 2.24) is 15.1 Å². The van der Waals surface area contributed by atoms with Crippen LogP contribution >= 0.6 is 0 Å². The Morgan fingerprint density at radius 3 is 2.67 bits per heavy atom. The smallest absolute Gasteiger partial charge is 0.0645 e. The van der Waals surface area contributed by atoms with Gasteiger partial charge in [0.2, 0.25) is 0 Å². The third kappa shape index (κ3) is 2.99. The summed E-state index contributed by atoms with van der Waals surface area (Å²) in [4.78, 5) is 0. The van der Waals surface area contributed by atoms with Gasteiger partial charge in [-0.05, 0) is 25.1 Å². The summed E-state index contributed by atoms with van der Waals surface area (Å²) >= 11 is 0. The second kappa shape index (κ2) is 6.36. The van der Waals surface area contributed by atoms with Crippen LogP contribution in [0, 0.1) is 0 Å². The van der Waals surface area contributed by atoms with Gasteiger partial charge in [0.15, 0.2) is 0 Å². The summed E-state index contributed by atoms with van der Waals surface area (Å²) in [7, 11) is 0. The van der Waals surface area contributed by atoms with Crippen LogP contribution in [-0.2, 0) is 0 Å². The molecule has 3 heteroatoms. The van der Waals surface area contributed by atoms with Gasteiger partial charge >= 0.3 is 0 Å². The molecule has 0 aliphatic carbocycles. The predicted molar refractivity (Wildman–Crippen MR) is 74.9 cm³/mol. The standard InChI is InChI=1S/C15H21N3/c1-3-8-15(16-4-2)13-11-17-18(12-13)14-9-6-5-7-10-14/h5-7,9-12,15-16H,3-4,8H2,1-2H3.